The summed E-state index contributed by atoms with van der Waals surface area (Å²) in [4.78, 5) is 27.7. The molecule has 0 aromatic heterocycles. The zero-order chi connectivity index (χ0) is 20.1. The van der Waals surface area contributed by atoms with Crippen LogP contribution in [0, 0.1) is 11.6 Å². The zero-order valence-electron chi connectivity index (χ0n) is 15.2. The molecule has 1 atom stereocenters. The second-order valence-corrected chi connectivity index (χ2v) is 6.51. The summed E-state index contributed by atoms with van der Waals surface area (Å²) in [7, 11) is 0. The number of hydrogen-bond donors (Lipinski definition) is 1. The highest BCUT2D eigenvalue weighted by molar-refractivity contribution is 5.78. The molecule has 2 amide bonds. The molecule has 2 aromatic carbocycles. The van der Waals surface area contributed by atoms with Gasteiger partial charge < -0.3 is 20.3 Å². The number of nitrogens with zero attached hydrogens (tertiary/aromatic N) is 2. The molecule has 1 unspecified atom stereocenters. The highest BCUT2D eigenvalue weighted by atomic mass is 19.2. The van der Waals surface area contributed by atoms with Crippen molar-refractivity contribution in [3.8, 4) is 0 Å². The van der Waals surface area contributed by atoms with Crippen LogP contribution in [0.15, 0.2) is 48.5 Å². The number of ether oxygens (including phenoxy) is 1. The fourth-order valence-electron chi connectivity index (χ4n) is 3.22. The first-order chi connectivity index (χ1) is 13.4. The smallest absolute Gasteiger partial charge is 0.405 e. The average molecular weight is 389 g/mol. The Morgan fingerprint density at radius 2 is 1.68 bits per heavy atom. The molecule has 1 aliphatic heterocycles. The maximum absolute atomic E-state index is 13.5. The van der Waals surface area contributed by atoms with Gasteiger partial charge in [0.15, 0.2) is 11.6 Å². The van der Waals surface area contributed by atoms with Crippen molar-refractivity contribution in [2.75, 3.05) is 31.1 Å². The number of para-hydroxylation sites is 1. The van der Waals surface area contributed by atoms with Crippen LogP contribution < -0.4 is 10.6 Å². The molecule has 0 radical (unpaired) electrons. The molecule has 0 aliphatic carbocycles. The molecule has 1 fully saturated rings. The number of piperazine rings is 1. The number of benzene rings is 2. The van der Waals surface area contributed by atoms with Crippen molar-refractivity contribution in [2.45, 2.75) is 12.5 Å². The minimum atomic E-state index is -1.09. The molecular formula is C20H21F2N3O3. The number of carbonyl (C=O) groups is 2. The molecule has 1 saturated heterocycles. The molecule has 6 nitrogen and oxygen atoms in total. The van der Waals surface area contributed by atoms with Crippen LogP contribution in [0.3, 0.4) is 0 Å². The number of primary amides is 1. The Bertz CT molecular complexity index is 840. The summed E-state index contributed by atoms with van der Waals surface area (Å²) < 4.78 is 31.7. The Morgan fingerprint density at radius 1 is 1.00 bits per heavy atom. The molecular weight excluding hydrogens is 368 g/mol. The molecule has 1 heterocycles. The van der Waals surface area contributed by atoms with E-state index in [-0.39, 0.29) is 17.9 Å². The summed E-state index contributed by atoms with van der Waals surface area (Å²) in [6.07, 6.45) is -2.36. The third kappa shape index (κ3) is 4.76. The molecule has 2 aromatic rings. The second kappa shape index (κ2) is 8.69. The Labute approximate surface area is 161 Å². The number of hydrogen-bond acceptors (Lipinski definition) is 4. The fraction of sp³-hybridized carbons (Fsp3) is 0.300. The van der Waals surface area contributed by atoms with E-state index < -0.39 is 23.8 Å². The minimum Gasteiger partial charge on any atom is -0.441 e. The van der Waals surface area contributed by atoms with E-state index in [0.717, 1.165) is 17.8 Å². The van der Waals surface area contributed by atoms with Crippen LogP contribution >= 0.6 is 0 Å². The Morgan fingerprint density at radius 3 is 2.29 bits per heavy atom. The normalized spacial score (nSPS) is 15.2. The summed E-state index contributed by atoms with van der Waals surface area (Å²) in [6.45, 7) is 2.36. The van der Waals surface area contributed by atoms with Crippen LogP contribution in [0.2, 0.25) is 0 Å². The maximum Gasteiger partial charge on any atom is 0.405 e. The van der Waals surface area contributed by atoms with E-state index in [1.165, 1.54) is 6.07 Å². The second-order valence-electron chi connectivity index (χ2n) is 6.51. The van der Waals surface area contributed by atoms with Crippen LogP contribution in [-0.2, 0) is 9.53 Å². The number of carbonyl (C=O) groups excluding carboxylic acids is 2. The van der Waals surface area contributed by atoms with E-state index >= 15 is 0 Å². The Balaban J connectivity index is 1.64. The van der Waals surface area contributed by atoms with Gasteiger partial charge in [0.05, 0.1) is 6.42 Å². The van der Waals surface area contributed by atoms with E-state index in [1.54, 1.807) is 4.90 Å². The number of amides is 2. The molecule has 1 aliphatic rings. The van der Waals surface area contributed by atoms with Gasteiger partial charge in [0.2, 0.25) is 5.91 Å². The summed E-state index contributed by atoms with van der Waals surface area (Å²) in [5.74, 6) is -2.35. The summed E-state index contributed by atoms with van der Waals surface area (Å²) in [5, 5.41) is 0. The van der Waals surface area contributed by atoms with E-state index in [4.69, 9.17) is 10.5 Å². The van der Waals surface area contributed by atoms with Crippen LogP contribution in [0.4, 0.5) is 19.3 Å². The van der Waals surface area contributed by atoms with Crippen LogP contribution in [-0.4, -0.2) is 43.1 Å². The van der Waals surface area contributed by atoms with Gasteiger partial charge in [-0.15, -0.1) is 0 Å². The van der Waals surface area contributed by atoms with Crippen molar-refractivity contribution >= 4 is 17.7 Å². The van der Waals surface area contributed by atoms with Crippen LogP contribution in [0.1, 0.15) is 18.1 Å². The SMILES string of the molecule is NC(=O)OC(CC(=O)N1CCN(c2ccccc2)CC1)c1ccc(F)c(F)c1. The molecule has 28 heavy (non-hydrogen) atoms. The van der Waals surface area contributed by atoms with Crippen molar-refractivity contribution < 1.29 is 23.1 Å². The van der Waals surface area contributed by atoms with Crippen molar-refractivity contribution in [3.63, 3.8) is 0 Å². The first kappa shape index (κ1) is 19.6. The number of rotatable bonds is 5. The topological polar surface area (TPSA) is 75.9 Å². The highest BCUT2D eigenvalue weighted by Gasteiger charge is 2.26. The van der Waals surface area contributed by atoms with Crippen molar-refractivity contribution in [3.05, 3.63) is 65.7 Å². The van der Waals surface area contributed by atoms with Gasteiger partial charge in [0, 0.05) is 31.9 Å². The lowest BCUT2D eigenvalue weighted by Gasteiger charge is -2.36. The van der Waals surface area contributed by atoms with Gasteiger partial charge in [-0.1, -0.05) is 24.3 Å². The lowest BCUT2D eigenvalue weighted by molar-refractivity contribution is -0.133. The third-order valence-corrected chi connectivity index (χ3v) is 4.69. The first-order valence-corrected chi connectivity index (χ1v) is 8.93. The lowest BCUT2D eigenvalue weighted by Crippen LogP contribution is -2.49. The van der Waals surface area contributed by atoms with Gasteiger partial charge in [-0.3, -0.25) is 4.79 Å². The predicted molar refractivity (Wildman–Crippen MR) is 99.6 cm³/mol. The molecule has 0 saturated carbocycles. The molecule has 0 spiro atoms. The zero-order valence-corrected chi connectivity index (χ0v) is 15.2. The number of nitrogens with two attached hydrogens (primary N) is 1. The predicted octanol–water partition coefficient (Wildman–Crippen LogP) is 2.84. The number of halogens is 2. The van der Waals surface area contributed by atoms with E-state index in [2.05, 4.69) is 4.90 Å². The van der Waals surface area contributed by atoms with Gasteiger partial charge in [-0.05, 0) is 29.8 Å². The summed E-state index contributed by atoms with van der Waals surface area (Å²) in [5.41, 5.74) is 6.34. The lowest BCUT2D eigenvalue weighted by atomic mass is 10.0. The largest absolute Gasteiger partial charge is 0.441 e. The number of anilines is 1. The molecule has 3 rings (SSSR count). The fourth-order valence-corrected chi connectivity index (χ4v) is 3.22. The maximum atomic E-state index is 13.5. The van der Waals surface area contributed by atoms with Gasteiger partial charge in [0.1, 0.15) is 6.10 Å². The van der Waals surface area contributed by atoms with Crippen LogP contribution in [0.5, 0.6) is 0 Å². The van der Waals surface area contributed by atoms with Crippen LogP contribution in [0.25, 0.3) is 0 Å². The van der Waals surface area contributed by atoms with E-state index in [9.17, 15) is 18.4 Å². The molecule has 2 N–H and O–H groups in total. The standard InChI is InChI=1S/C20H21F2N3O3/c21-16-7-6-14(12-17(16)22)18(28-20(23)27)13-19(26)25-10-8-24(9-11-25)15-4-2-1-3-5-15/h1-7,12,18H,8-11,13H2,(H2,23,27). The van der Waals surface area contributed by atoms with E-state index in [1.807, 2.05) is 30.3 Å². The Kier molecular flexibility index (Phi) is 6.08. The quantitative estimate of drug-likeness (QED) is 0.853. The monoisotopic (exact) mass is 389 g/mol. The first-order valence-electron chi connectivity index (χ1n) is 8.93. The van der Waals surface area contributed by atoms with Crippen molar-refractivity contribution in [1.29, 1.82) is 0 Å². The van der Waals surface area contributed by atoms with E-state index in [0.29, 0.717) is 26.2 Å². The van der Waals surface area contributed by atoms with Crippen molar-refractivity contribution in [1.82, 2.24) is 4.90 Å². The average Bonchev–Trinajstić information content (AvgIpc) is 2.70. The molecule has 0 bridgehead atoms. The highest BCUT2D eigenvalue weighted by Crippen LogP contribution is 2.25. The van der Waals surface area contributed by atoms with Gasteiger partial charge in [-0.2, -0.15) is 0 Å². The Hall–Kier alpha value is -3.16. The molecule has 148 valence electrons. The van der Waals surface area contributed by atoms with Gasteiger partial charge in [0.25, 0.3) is 0 Å². The van der Waals surface area contributed by atoms with Crippen molar-refractivity contribution in [2.24, 2.45) is 5.73 Å². The molecule has 8 heteroatoms. The summed E-state index contributed by atoms with van der Waals surface area (Å²) >= 11 is 0. The third-order valence-electron chi connectivity index (χ3n) is 4.69. The minimum absolute atomic E-state index is 0.175. The summed E-state index contributed by atoms with van der Waals surface area (Å²) in [6, 6.07) is 13.0. The van der Waals surface area contributed by atoms with Gasteiger partial charge in [-0.25, -0.2) is 13.6 Å². The van der Waals surface area contributed by atoms with Gasteiger partial charge >= 0.3 is 6.09 Å².